The maximum absolute atomic E-state index is 13.5. The summed E-state index contributed by atoms with van der Waals surface area (Å²) in [6.45, 7) is 0.249. The van der Waals surface area contributed by atoms with Gasteiger partial charge >= 0.3 is 6.09 Å². The number of nitrogens with zero attached hydrogens (tertiary/aromatic N) is 1. The van der Waals surface area contributed by atoms with Crippen LogP contribution >= 0.6 is 0 Å². The number of rotatable bonds is 4. The van der Waals surface area contributed by atoms with Crippen molar-refractivity contribution >= 4 is 15.9 Å². The molecular formula is C27H24N2O5S. The summed E-state index contributed by atoms with van der Waals surface area (Å²) in [4.78, 5) is 14.7. The van der Waals surface area contributed by atoms with Crippen LogP contribution in [0, 0.1) is 0 Å². The number of amides is 1. The molecule has 1 amide bonds. The van der Waals surface area contributed by atoms with Crippen LogP contribution in [0.4, 0.5) is 4.79 Å². The highest BCUT2D eigenvalue weighted by atomic mass is 32.2. The topological polar surface area (TPSA) is 95.9 Å². The van der Waals surface area contributed by atoms with Gasteiger partial charge in [0.05, 0.1) is 23.2 Å². The number of hydrogen-bond acceptors (Lipinski definition) is 6. The normalized spacial score (nSPS) is 21.1. The van der Waals surface area contributed by atoms with Crippen molar-refractivity contribution in [3.05, 3.63) is 101 Å². The van der Waals surface area contributed by atoms with Crippen LogP contribution in [0.1, 0.15) is 23.5 Å². The summed E-state index contributed by atoms with van der Waals surface area (Å²) in [6, 6.07) is 23.7. The molecule has 1 unspecified atom stereocenters. The van der Waals surface area contributed by atoms with Crippen molar-refractivity contribution in [3.8, 4) is 11.1 Å². The molecule has 3 aromatic rings. The number of nitrogens with one attached hydrogen (secondary N) is 1. The van der Waals surface area contributed by atoms with Crippen LogP contribution in [0.15, 0.2) is 95.2 Å². The molecule has 1 fully saturated rings. The Morgan fingerprint density at radius 3 is 2.20 bits per heavy atom. The van der Waals surface area contributed by atoms with Gasteiger partial charge < -0.3 is 15.2 Å². The molecule has 0 saturated carbocycles. The van der Waals surface area contributed by atoms with E-state index in [2.05, 4.69) is 17.4 Å². The average molecular weight is 489 g/mol. The van der Waals surface area contributed by atoms with Crippen LogP contribution in [0.25, 0.3) is 11.1 Å². The van der Waals surface area contributed by atoms with Crippen molar-refractivity contribution in [1.82, 2.24) is 10.2 Å². The highest BCUT2D eigenvalue weighted by Crippen LogP contribution is 2.45. The molecule has 0 radical (unpaired) electrons. The molecule has 8 heteroatoms. The zero-order valence-electron chi connectivity index (χ0n) is 18.8. The predicted octanol–water partition coefficient (Wildman–Crippen LogP) is 4.18. The molecule has 35 heavy (non-hydrogen) atoms. The maximum Gasteiger partial charge on any atom is 0.415 e. The van der Waals surface area contributed by atoms with Gasteiger partial charge in [-0.25, -0.2) is 13.2 Å². The van der Waals surface area contributed by atoms with Gasteiger partial charge in [0.25, 0.3) is 0 Å². The van der Waals surface area contributed by atoms with E-state index in [0.717, 1.165) is 27.2 Å². The molecule has 2 N–H and O–H groups in total. The molecule has 2 atom stereocenters. The second-order valence-corrected chi connectivity index (χ2v) is 11.1. The number of hydrogen-bond donors (Lipinski definition) is 2. The highest BCUT2D eigenvalue weighted by molar-refractivity contribution is 7.92. The first kappa shape index (κ1) is 21.9. The number of carbonyl (C=O) groups is 1. The molecular weight excluding hydrogens is 464 g/mol. The summed E-state index contributed by atoms with van der Waals surface area (Å²) in [5.74, 6) is -0.188. The standard InChI is InChI=1S/C27H24N2O5S/c30-24-15-28-23-14-25(35(32,33)17-8-2-1-3-9-17)29(26(23)24)27(31)34-16-22-20-12-6-4-10-18(20)19-11-5-7-13-21(19)22/h1-13,22-23,25,28,30H,14-16H2/t23-,25?/m1/s1. The minimum absolute atomic E-state index is 0.0331. The van der Waals surface area contributed by atoms with E-state index in [4.69, 9.17) is 4.74 Å². The van der Waals surface area contributed by atoms with Gasteiger partial charge in [0.15, 0.2) is 9.84 Å². The number of carbonyl (C=O) groups excluding carboxylic acids is 1. The Balaban J connectivity index is 1.31. The monoisotopic (exact) mass is 488 g/mol. The van der Waals surface area contributed by atoms with Crippen molar-refractivity contribution in [2.24, 2.45) is 0 Å². The number of aliphatic hydroxyl groups excluding tert-OH is 1. The lowest BCUT2D eigenvalue weighted by Gasteiger charge is -2.26. The van der Waals surface area contributed by atoms with Crippen molar-refractivity contribution in [1.29, 1.82) is 0 Å². The first-order valence-corrected chi connectivity index (χ1v) is 13.1. The van der Waals surface area contributed by atoms with E-state index < -0.39 is 27.3 Å². The molecule has 7 nitrogen and oxygen atoms in total. The Bertz CT molecular complexity index is 1410. The summed E-state index contributed by atoms with van der Waals surface area (Å²) >= 11 is 0. The fraction of sp³-hybridized carbons (Fsp3) is 0.222. The Morgan fingerprint density at radius 1 is 0.943 bits per heavy atom. The lowest BCUT2D eigenvalue weighted by Crippen LogP contribution is -2.41. The first-order valence-electron chi connectivity index (χ1n) is 11.6. The average Bonchev–Trinajstić information content (AvgIpc) is 3.54. The van der Waals surface area contributed by atoms with E-state index in [1.807, 2.05) is 36.4 Å². The quantitative estimate of drug-likeness (QED) is 0.572. The van der Waals surface area contributed by atoms with E-state index in [0.29, 0.717) is 0 Å². The molecule has 6 rings (SSSR count). The molecule has 3 aromatic carbocycles. The molecule has 178 valence electrons. The highest BCUT2D eigenvalue weighted by Gasteiger charge is 2.51. The predicted molar refractivity (Wildman–Crippen MR) is 130 cm³/mol. The summed E-state index contributed by atoms with van der Waals surface area (Å²) in [5, 5.41) is 12.4. The van der Waals surface area contributed by atoms with Crippen LogP contribution in [0.2, 0.25) is 0 Å². The third-order valence-electron chi connectivity index (χ3n) is 7.09. The first-order chi connectivity index (χ1) is 17.0. The third-order valence-corrected chi connectivity index (χ3v) is 9.14. The smallest absolute Gasteiger partial charge is 0.415 e. The second-order valence-electron chi connectivity index (χ2n) is 8.99. The zero-order valence-corrected chi connectivity index (χ0v) is 19.6. The number of ether oxygens (including phenoxy) is 1. The molecule has 0 aromatic heterocycles. The molecule has 2 aliphatic heterocycles. The minimum atomic E-state index is -3.89. The number of sulfone groups is 1. The molecule has 0 bridgehead atoms. The molecule has 1 saturated heterocycles. The second kappa shape index (κ2) is 8.25. The van der Waals surface area contributed by atoms with Crippen LogP contribution in [-0.4, -0.2) is 49.1 Å². The van der Waals surface area contributed by atoms with Gasteiger partial charge in [0.2, 0.25) is 0 Å². The molecule has 2 heterocycles. The zero-order chi connectivity index (χ0) is 24.2. The van der Waals surface area contributed by atoms with Crippen molar-refractivity contribution in [3.63, 3.8) is 0 Å². The van der Waals surface area contributed by atoms with Gasteiger partial charge in [-0.3, -0.25) is 4.90 Å². The number of aliphatic hydroxyl groups is 1. The Morgan fingerprint density at radius 2 is 1.54 bits per heavy atom. The summed E-state index contributed by atoms with van der Waals surface area (Å²) in [5.41, 5.74) is 4.63. The van der Waals surface area contributed by atoms with Crippen molar-refractivity contribution < 1.29 is 23.1 Å². The summed E-state index contributed by atoms with van der Waals surface area (Å²) in [6.07, 6.45) is -0.634. The molecule has 0 spiro atoms. The van der Waals surface area contributed by atoms with Gasteiger partial charge in [-0.05, 0) is 34.4 Å². The van der Waals surface area contributed by atoms with E-state index in [1.54, 1.807) is 18.2 Å². The number of fused-ring (bicyclic) bond motifs is 4. The summed E-state index contributed by atoms with van der Waals surface area (Å²) < 4.78 is 32.8. The minimum Gasteiger partial charge on any atom is -0.509 e. The van der Waals surface area contributed by atoms with Gasteiger partial charge in [-0.2, -0.15) is 0 Å². The van der Waals surface area contributed by atoms with Gasteiger partial charge in [0, 0.05) is 12.3 Å². The van der Waals surface area contributed by atoms with Gasteiger partial charge in [-0.1, -0.05) is 66.7 Å². The van der Waals surface area contributed by atoms with Crippen molar-refractivity contribution in [2.45, 2.75) is 28.6 Å². The van der Waals surface area contributed by atoms with E-state index in [-0.39, 0.29) is 41.8 Å². The molecule has 1 aliphatic carbocycles. The van der Waals surface area contributed by atoms with E-state index >= 15 is 0 Å². The van der Waals surface area contributed by atoms with Crippen LogP contribution in [0.5, 0.6) is 0 Å². The van der Waals surface area contributed by atoms with Crippen LogP contribution in [-0.2, 0) is 14.6 Å². The fourth-order valence-electron chi connectivity index (χ4n) is 5.48. The Kier molecular flexibility index (Phi) is 5.16. The SMILES string of the molecule is O=C(OCC1c2ccccc2-c2ccccc21)N1C2=C(O)CN[C@@H]2CC1S(=O)(=O)c1ccccc1. The number of likely N-dealkylation sites (tertiary alicyclic amines) is 1. The van der Waals surface area contributed by atoms with Crippen LogP contribution < -0.4 is 5.32 Å². The lowest BCUT2D eigenvalue weighted by molar-refractivity contribution is 0.110. The van der Waals surface area contributed by atoms with Gasteiger partial charge in [-0.15, -0.1) is 0 Å². The lowest BCUT2D eigenvalue weighted by atomic mass is 9.98. The molecule has 3 aliphatic rings. The van der Waals surface area contributed by atoms with E-state index in [1.165, 1.54) is 12.1 Å². The van der Waals surface area contributed by atoms with Gasteiger partial charge in [0.1, 0.15) is 17.7 Å². The Hall–Kier alpha value is -3.62. The fourth-order valence-corrected chi connectivity index (χ4v) is 7.26. The largest absolute Gasteiger partial charge is 0.509 e. The van der Waals surface area contributed by atoms with E-state index in [9.17, 15) is 18.3 Å². The third kappa shape index (κ3) is 3.44. The number of benzene rings is 3. The maximum atomic E-state index is 13.5. The van der Waals surface area contributed by atoms with Crippen LogP contribution in [0.3, 0.4) is 0 Å². The Labute approximate surface area is 203 Å². The van der Waals surface area contributed by atoms with Crippen molar-refractivity contribution in [2.75, 3.05) is 13.2 Å². The summed E-state index contributed by atoms with van der Waals surface area (Å²) in [7, 11) is -3.89.